The van der Waals surface area contributed by atoms with E-state index in [9.17, 15) is 0 Å². The molecule has 0 amide bonds. The Balaban J connectivity index is 2.49. The molecule has 0 fully saturated rings. The van der Waals surface area contributed by atoms with Crippen LogP contribution in [0.3, 0.4) is 0 Å². The van der Waals surface area contributed by atoms with Crippen LogP contribution in [0.1, 0.15) is 11.3 Å². The van der Waals surface area contributed by atoms with Gasteiger partial charge in [-0.05, 0) is 43.7 Å². The van der Waals surface area contributed by atoms with Crippen molar-refractivity contribution in [2.45, 2.75) is 13.8 Å². The molecule has 2 heteroatoms. The van der Waals surface area contributed by atoms with Crippen molar-refractivity contribution in [3.8, 4) is 11.4 Å². The molecule has 0 N–H and O–H groups in total. The van der Waals surface area contributed by atoms with Crippen LogP contribution >= 0.6 is 0 Å². The maximum atomic E-state index is 4.42. The van der Waals surface area contributed by atoms with E-state index in [1.165, 1.54) is 5.56 Å². The summed E-state index contributed by atoms with van der Waals surface area (Å²) in [6, 6.07) is 10.00. The molecule has 2 heterocycles. The Bertz CT molecular complexity index is 406. The van der Waals surface area contributed by atoms with Crippen LogP contribution in [0.2, 0.25) is 0 Å². The number of hydrogen-bond donors (Lipinski definition) is 0. The Morgan fingerprint density at radius 2 is 1.86 bits per heavy atom. The minimum absolute atomic E-state index is 0.939. The lowest BCUT2D eigenvalue weighted by molar-refractivity contribution is 1.17. The van der Waals surface area contributed by atoms with Gasteiger partial charge < -0.3 is 0 Å². The SMILES string of the molecule is Cc1ccnc(-c2cccc(C)n2)c1. The third-order valence-corrected chi connectivity index (χ3v) is 2.07. The van der Waals surface area contributed by atoms with E-state index in [1.54, 1.807) is 0 Å². The smallest absolute Gasteiger partial charge is 0.0889 e. The predicted molar refractivity (Wildman–Crippen MR) is 56.9 cm³/mol. The number of hydrogen-bond acceptors (Lipinski definition) is 2. The van der Waals surface area contributed by atoms with Crippen molar-refractivity contribution in [2.24, 2.45) is 0 Å². The lowest BCUT2D eigenvalue weighted by Gasteiger charge is -2.01. The molecule has 0 aliphatic carbocycles. The third kappa shape index (κ3) is 1.79. The Kier molecular flexibility index (Phi) is 2.27. The van der Waals surface area contributed by atoms with Crippen molar-refractivity contribution < 1.29 is 0 Å². The molecular weight excluding hydrogens is 172 g/mol. The van der Waals surface area contributed by atoms with Gasteiger partial charge in [-0.25, -0.2) is 0 Å². The molecule has 0 spiro atoms. The van der Waals surface area contributed by atoms with Crippen LogP contribution in [0, 0.1) is 13.8 Å². The number of pyridine rings is 2. The second-order valence-corrected chi connectivity index (χ2v) is 3.38. The topological polar surface area (TPSA) is 25.8 Å². The molecule has 0 aliphatic rings. The highest BCUT2D eigenvalue weighted by Crippen LogP contribution is 2.14. The molecular formula is C12H12N2. The van der Waals surface area contributed by atoms with Crippen LogP contribution in [0.15, 0.2) is 36.5 Å². The van der Waals surface area contributed by atoms with Crippen LogP contribution < -0.4 is 0 Å². The summed E-state index contributed by atoms with van der Waals surface area (Å²) in [6.07, 6.45) is 1.81. The summed E-state index contributed by atoms with van der Waals surface area (Å²) in [5, 5.41) is 0. The first-order valence-corrected chi connectivity index (χ1v) is 4.62. The summed E-state index contributed by atoms with van der Waals surface area (Å²) in [4.78, 5) is 8.71. The summed E-state index contributed by atoms with van der Waals surface area (Å²) in [6.45, 7) is 4.04. The zero-order valence-corrected chi connectivity index (χ0v) is 8.36. The highest BCUT2D eigenvalue weighted by atomic mass is 14.8. The van der Waals surface area contributed by atoms with E-state index in [2.05, 4.69) is 16.9 Å². The van der Waals surface area contributed by atoms with E-state index >= 15 is 0 Å². The van der Waals surface area contributed by atoms with Gasteiger partial charge in [0.25, 0.3) is 0 Å². The lowest BCUT2D eigenvalue weighted by Crippen LogP contribution is -1.89. The maximum Gasteiger partial charge on any atom is 0.0889 e. The Hall–Kier alpha value is -1.70. The van der Waals surface area contributed by atoms with Gasteiger partial charge in [0.2, 0.25) is 0 Å². The Labute approximate surface area is 83.7 Å². The van der Waals surface area contributed by atoms with Gasteiger partial charge in [-0.2, -0.15) is 0 Å². The van der Waals surface area contributed by atoms with Gasteiger partial charge in [-0.15, -0.1) is 0 Å². The molecule has 2 aromatic heterocycles. The molecule has 0 aromatic carbocycles. The predicted octanol–water partition coefficient (Wildman–Crippen LogP) is 2.76. The van der Waals surface area contributed by atoms with Crippen LogP contribution in [0.25, 0.3) is 11.4 Å². The molecule has 0 radical (unpaired) electrons. The Morgan fingerprint density at radius 3 is 2.57 bits per heavy atom. The van der Waals surface area contributed by atoms with E-state index < -0.39 is 0 Å². The van der Waals surface area contributed by atoms with Gasteiger partial charge in [-0.3, -0.25) is 9.97 Å². The first-order chi connectivity index (χ1) is 6.75. The molecule has 2 aromatic rings. The van der Waals surface area contributed by atoms with E-state index in [4.69, 9.17) is 0 Å². The normalized spacial score (nSPS) is 10.1. The number of rotatable bonds is 1. The van der Waals surface area contributed by atoms with Crippen molar-refractivity contribution >= 4 is 0 Å². The number of aromatic nitrogens is 2. The van der Waals surface area contributed by atoms with Gasteiger partial charge in [0, 0.05) is 11.9 Å². The van der Waals surface area contributed by atoms with E-state index in [-0.39, 0.29) is 0 Å². The largest absolute Gasteiger partial charge is 0.255 e. The molecule has 0 unspecified atom stereocenters. The van der Waals surface area contributed by atoms with E-state index in [1.807, 2.05) is 43.5 Å². The monoisotopic (exact) mass is 184 g/mol. The van der Waals surface area contributed by atoms with Crippen molar-refractivity contribution in [1.29, 1.82) is 0 Å². The van der Waals surface area contributed by atoms with Gasteiger partial charge in [0.1, 0.15) is 0 Å². The summed E-state index contributed by atoms with van der Waals surface area (Å²) < 4.78 is 0. The third-order valence-electron chi connectivity index (χ3n) is 2.07. The summed E-state index contributed by atoms with van der Waals surface area (Å²) in [5.41, 5.74) is 4.10. The molecule has 0 saturated carbocycles. The van der Waals surface area contributed by atoms with Crippen LogP contribution in [-0.4, -0.2) is 9.97 Å². The first-order valence-electron chi connectivity index (χ1n) is 4.62. The van der Waals surface area contributed by atoms with Gasteiger partial charge in [0.05, 0.1) is 11.4 Å². The fraction of sp³-hybridized carbons (Fsp3) is 0.167. The summed E-state index contributed by atoms with van der Waals surface area (Å²) in [7, 11) is 0. The minimum Gasteiger partial charge on any atom is -0.255 e. The van der Waals surface area contributed by atoms with Crippen molar-refractivity contribution in [2.75, 3.05) is 0 Å². The van der Waals surface area contributed by atoms with Crippen LogP contribution in [-0.2, 0) is 0 Å². The van der Waals surface area contributed by atoms with Gasteiger partial charge in [-0.1, -0.05) is 6.07 Å². The standard InChI is InChI=1S/C12H12N2/c1-9-6-7-13-12(8-9)11-5-3-4-10(2)14-11/h3-8H,1-2H3. The first kappa shape index (κ1) is 8.88. The van der Waals surface area contributed by atoms with Crippen LogP contribution in [0.5, 0.6) is 0 Å². The molecule has 14 heavy (non-hydrogen) atoms. The van der Waals surface area contributed by atoms with Gasteiger partial charge >= 0.3 is 0 Å². The summed E-state index contributed by atoms with van der Waals surface area (Å²) >= 11 is 0. The molecule has 0 bridgehead atoms. The number of nitrogens with zero attached hydrogens (tertiary/aromatic N) is 2. The zero-order chi connectivity index (χ0) is 9.97. The molecule has 2 nitrogen and oxygen atoms in total. The second kappa shape index (κ2) is 3.58. The van der Waals surface area contributed by atoms with Gasteiger partial charge in [0.15, 0.2) is 0 Å². The molecule has 0 aliphatic heterocycles. The molecule has 70 valence electrons. The van der Waals surface area contributed by atoms with Crippen molar-refractivity contribution in [3.63, 3.8) is 0 Å². The average Bonchev–Trinajstić information content (AvgIpc) is 2.18. The van der Waals surface area contributed by atoms with Crippen LogP contribution in [0.4, 0.5) is 0 Å². The maximum absolute atomic E-state index is 4.42. The quantitative estimate of drug-likeness (QED) is 0.681. The fourth-order valence-electron chi connectivity index (χ4n) is 1.36. The fourth-order valence-corrected chi connectivity index (χ4v) is 1.36. The van der Waals surface area contributed by atoms with E-state index in [0.717, 1.165) is 17.1 Å². The van der Waals surface area contributed by atoms with Crippen molar-refractivity contribution in [1.82, 2.24) is 9.97 Å². The molecule has 0 atom stereocenters. The highest BCUT2D eigenvalue weighted by Gasteiger charge is 1.99. The lowest BCUT2D eigenvalue weighted by atomic mass is 10.2. The van der Waals surface area contributed by atoms with Crippen molar-refractivity contribution in [3.05, 3.63) is 47.8 Å². The molecule has 2 rings (SSSR count). The molecule has 0 saturated heterocycles. The minimum atomic E-state index is 0.939. The second-order valence-electron chi connectivity index (χ2n) is 3.38. The summed E-state index contributed by atoms with van der Waals surface area (Å²) in [5.74, 6) is 0. The highest BCUT2D eigenvalue weighted by molar-refractivity contribution is 5.54. The van der Waals surface area contributed by atoms with E-state index in [0.29, 0.717) is 0 Å². The Morgan fingerprint density at radius 1 is 1.00 bits per heavy atom. The number of aryl methyl sites for hydroxylation is 2. The zero-order valence-electron chi connectivity index (χ0n) is 8.36. The average molecular weight is 184 g/mol.